The van der Waals surface area contributed by atoms with Crippen LogP contribution in [0.3, 0.4) is 0 Å². The first-order chi connectivity index (χ1) is 12.5. The summed E-state index contributed by atoms with van der Waals surface area (Å²) < 4.78 is 26.5. The van der Waals surface area contributed by atoms with Crippen LogP contribution in [-0.4, -0.2) is 62.2 Å². The van der Waals surface area contributed by atoms with E-state index in [1.54, 1.807) is 52.7 Å². The zero-order valence-electron chi connectivity index (χ0n) is 14.0. The van der Waals surface area contributed by atoms with Gasteiger partial charge in [-0.05, 0) is 23.6 Å². The number of rotatable bonds is 5. The first-order valence-corrected chi connectivity index (χ1v) is 10.4. The van der Waals surface area contributed by atoms with Crippen molar-refractivity contribution in [2.75, 3.05) is 32.7 Å². The minimum Gasteiger partial charge on any atom is -0.342 e. The summed E-state index contributed by atoms with van der Waals surface area (Å²) in [5.41, 5.74) is 0. The highest BCUT2D eigenvalue weighted by atomic mass is 32.2. The number of sulfonamides is 1. The number of benzene rings is 1. The normalized spacial score (nSPS) is 15.6. The molecule has 1 aliphatic rings. The van der Waals surface area contributed by atoms with E-state index in [2.05, 4.69) is 5.32 Å². The van der Waals surface area contributed by atoms with Crippen LogP contribution >= 0.6 is 11.3 Å². The molecule has 0 saturated carbocycles. The lowest BCUT2D eigenvalue weighted by molar-refractivity contribution is -0.131. The average Bonchev–Trinajstić information content (AvgIpc) is 3.21. The highest BCUT2D eigenvalue weighted by molar-refractivity contribution is 7.89. The summed E-state index contributed by atoms with van der Waals surface area (Å²) in [6.45, 7) is 0.991. The quantitative estimate of drug-likeness (QED) is 0.821. The van der Waals surface area contributed by atoms with Crippen LogP contribution in [0.2, 0.25) is 0 Å². The van der Waals surface area contributed by atoms with Gasteiger partial charge in [0.15, 0.2) is 0 Å². The molecular weight excluding hydrogens is 374 g/mol. The van der Waals surface area contributed by atoms with Crippen molar-refractivity contribution in [2.45, 2.75) is 4.90 Å². The third-order valence-electron chi connectivity index (χ3n) is 4.12. The molecule has 3 rings (SSSR count). The van der Waals surface area contributed by atoms with Crippen LogP contribution in [0.25, 0.3) is 0 Å². The van der Waals surface area contributed by atoms with E-state index in [1.165, 1.54) is 15.6 Å². The first-order valence-electron chi connectivity index (χ1n) is 8.13. The van der Waals surface area contributed by atoms with Gasteiger partial charge in [0.2, 0.25) is 15.9 Å². The Kier molecular flexibility index (Phi) is 5.70. The molecule has 0 radical (unpaired) electrons. The average molecular weight is 393 g/mol. The summed E-state index contributed by atoms with van der Waals surface area (Å²) in [5, 5.41) is 4.39. The maximum atomic E-state index is 12.6. The van der Waals surface area contributed by atoms with Crippen molar-refractivity contribution in [1.82, 2.24) is 14.5 Å². The summed E-state index contributed by atoms with van der Waals surface area (Å²) in [7, 11) is -3.54. The van der Waals surface area contributed by atoms with Gasteiger partial charge in [-0.1, -0.05) is 24.3 Å². The number of carbonyl (C=O) groups is 2. The minimum absolute atomic E-state index is 0.0951. The summed E-state index contributed by atoms with van der Waals surface area (Å²) in [6, 6.07) is 11.7. The molecule has 1 aromatic carbocycles. The van der Waals surface area contributed by atoms with E-state index in [-0.39, 0.29) is 36.3 Å². The van der Waals surface area contributed by atoms with Gasteiger partial charge in [0.05, 0.1) is 16.3 Å². The highest BCUT2D eigenvalue weighted by Crippen LogP contribution is 2.17. The topological polar surface area (TPSA) is 86.8 Å². The highest BCUT2D eigenvalue weighted by Gasteiger charge is 2.29. The number of piperazine rings is 1. The maximum Gasteiger partial charge on any atom is 0.261 e. The molecule has 2 aromatic rings. The Bertz CT molecular complexity index is 859. The van der Waals surface area contributed by atoms with Crippen LogP contribution in [0, 0.1) is 0 Å². The van der Waals surface area contributed by atoms with E-state index in [1.807, 2.05) is 0 Å². The molecule has 1 saturated heterocycles. The van der Waals surface area contributed by atoms with E-state index < -0.39 is 10.0 Å². The molecule has 0 atom stereocenters. The minimum atomic E-state index is -3.54. The molecule has 9 heteroatoms. The summed E-state index contributed by atoms with van der Waals surface area (Å²) in [4.78, 5) is 26.5. The van der Waals surface area contributed by atoms with Crippen LogP contribution in [0.1, 0.15) is 9.67 Å². The van der Waals surface area contributed by atoms with Gasteiger partial charge in [0.1, 0.15) is 0 Å². The van der Waals surface area contributed by atoms with Gasteiger partial charge in [-0.2, -0.15) is 4.31 Å². The lowest BCUT2D eigenvalue weighted by Gasteiger charge is -2.34. The molecule has 1 aliphatic heterocycles. The number of amides is 2. The van der Waals surface area contributed by atoms with Crippen molar-refractivity contribution in [3.05, 3.63) is 52.7 Å². The van der Waals surface area contributed by atoms with Gasteiger partial charge < -0.3 is 10.2 Å². The molecule has 138 valence electrons. The molecule has 26 heavy (non-hydrogen) atoms. The van der Waals surface area contributed by atoms with E-state index >= 15 is 0 Å². The Labute approximate surface area is 156 Å². The van der Waals surface area contributed by atoms with Crippen LogP contribution in [0.4, 0.5) is 0 Å². The molecule has 0 spiro atoms. The van der Waals surface area contributed by atoms with Crippen LogP contribution in [0.5, 0.6) is 0 Å². The van der Waals surface area contributed by atoms with Crippen molar-refractivity contribution < 1.29 is 18.0 Å². The molecule has 0 aliphatic carbocycles. The van der Waals surface area contributed by atoms with Crippen LogP contribution < -0.4 is 5.32 Å². The van der Waals surface area contributed by atoms with E-state index in [0.717, 1.165) is 0 Å². The van der Waals surface area contributed by atoms with Crippen LogP contribution in [0.15, 0.2) is 52.7 Å². The lowest BCUT2D eigenvalue weighted by atomic mass is 10.3. The molecule has 7 nitrogen and oxygen atoms in total. The smallest absolute Gasteiger partial charge is 0.261 e. The van der Waals surface area contributed by atoms with Crippen molar-refractivity contribution in [2.24, 2.45) is 0 Å². The second kappa shape index (κ2) is 7.98. The molecular formula is C17H19N3O4S2. The monoisotopic (exact) mass is 393 g/mol. The van der Waals surface area contributed by atoms with Crippen molar-refractivity contribution in [3.8, 4) is 0 Å². The number of carbonyl (C=O) groups excluding carboxylic acids is 2. The van der Waals surface area contributed by atoms with E-state index in [4.69, 9.17) is 0 Å². The van der Waals surface area contributed by atoms with Gasteiger partial charge in [-0.3, -0.25) is 9.59 Å². The summed E-state index contributed by atoms with van der Waals surface area (Å²) in [6.07, 6.45) is 0. The number of nitrogens with zero attached hydrogens (tertiary/aromatic N) is 2. The SMILES string of the molecule is O=C(NCC(=O)N1CCN(S(=O)(=O)c2ccccc2)CC1)c1cccs1. The van der Waals surface area contributed by atoms with Crippen LogP contribution in [-0.2, 0) is 14.8 Å². The second-order valence-corrected chi connectivity index (χ2v) is 8.64. The zero-order chi connectivity index (χ0) is 18.6. The predicted molar refractivity (Wildman–Crippen MR) is 98.4 cm³/mol. The Morgan fingerprint density at radius 2 is 1.69 bits per heavy atom. The molecule has 0 unspecified atom stereocenters. The lowest BCUT2D eigenvalue weighted by Crippen LogP contribution is -2.52. The van der Waals surface area contributed by atoms with Gasteiger partial charge in [-0.15, -0.1) is 11.3 Å². The van der Waals surface area contributed by atoms with Crippen molar-refractivity contribution in [3.63, 3.8) is 0 Å². The second-order valence-electron chi connectivity index (χ2n) is 5.76. The number of thiophene rings is 1. The number of hydrogen-bond acceptors (Lipinski definition) is 5. The molecule has 1 aromatic heterocycles. The van der Waals surface area contributed by atoms with Crippen molar-refractivity contribution >= 4 is 33.2 Å². The largest absolute Gasteiger partial charge is 0.342 e. The molecule has 2 amide bonds. The van der Waals surface area contributed by atoms with E-state index in [0.29, 0.717) is 18.0 Å². The zero-order valence-corrected chi connectivity index (χ0v) is 15.6. The Morgan fingerprint density at radius 3 is 2.31 bits per heavy atom. The first kappa shape index (κ1) is 18.6. The standard InChI is InChI=1S/C17H19N3O4S2/c21-16(13-18-17(22)15-7-4-12-25-15)19-8-10-20(11-9-19)26(23,24)14-5-2-1-3-6-14/h1-7,12H,8-11,13H2,(H,18,22). The Hall–Kier alpha value is -2.23. The molecule has 1 fully saturated rings. The summed E-state index contributed by atoms with van der Waals surface area (Å²) in [5.74, 6) is -0.495. The third-order valence-corrected chi connectivity index (χ3v) is 6.90. The van der Waals surface area contributed by atoms with Crippen molar-refractivity contribution in [1.29, 1.82) is 0 Å². The molecule has 0 bridgehead atoms. The number of hydrogen-bond donors (Lipinski definition) is 1. The predicted octanol–water partition coefficient (Wildman–Crippen LogP) is 1.01. The fourth-order valence-electron chi connectivity index (χ4n) is 2.68. The molecule has 1 N–H and O–H groups in total. The number of nitrogens with one attached hydrogen (secondary N) is 1. The maximum absolute atomic E-state index is 12.6. The summed E-state index contributed by atoms with van der Waals surface area (Å²) >= 11 is 1.31. The fraction of sp³-hybridized carbons (Fsp3) is 0.294. The van der Waals surface area contributed by atoms with Gasteiger partial charge in [-0.25, -0.2) is 8.42 Å². The Balaban J connectivity index is 1.52. The van der Waals surface area contributed by atoms with Gasteiger partial charge in [0.25, 0.3) is 5.91 Å². The van der Waals surface area contributed by atoms with Gasteiger partial charge >= 0.3 is 0 Å². The van der Waals surface area contributed by atoms with E-state index in [9.17, 15) is 18.0 Å². The Morgan fingerprint density at radius 1 is 1.00 bits per heavy atom. The fourth-order valence-corrected chi connectivity index (χ4v) is 4.77. The molecule has 2 heterocycles. The third kappa shape index (κ3) is 4.12. The van der Waals surface area contributed by atoms with Gasteiger partial charge in [0, 0.05) is 26.2 Å².